The summed E-state index contributed by atoms with van der Waals surface area (Å²) >= 11 is 0. The molecule has 0 aromatic heterocycles. The maximum Gasteiger partial charge on any atom is 0.274 e. The normalized spacial score (nSPS) is 21.5. The first-order valence-corrected chi connectivity index (χ1v) is 8.27. The summed E-state index contributed by atoms with van der Waals surface area (Å²) in [5, 5.41) is 4.92. The molecule has 1 fully saturated rings. The molecule has 1 atom stereocenters. The van der Waals surface area contributed by atoms with Gasteiger partial charge in [0.1, 0.15) is 0 Å². The van der Waals surface area contributed by atoms with Gasteiger partial charge in [0.05, 0.1) is 0 Å². The van der Waals surface area contributed by atoms with Crippen molar-refractivity contribution in [2.75, 3.05) is 19.6 Å². The Kier molecular flexibility index (Phi) is 5.34. The Morgan fingerprint density at radius 1 is 1.47 bits per heavy atom. The van der Waals surface area contributed by atoms with Crippen molar-refractivity contribution >= 4 is 16.1 Å². The second kappa shape index (κ2) is 6.19. The highest BCUT2D eigenvalue weighted by atomic mass is 32.2. The van der Waals surface area contributed by atoms with E-state index in [4.69, 9.17) is 5.14 Å². The van der Waals surface area contributed by atoms with Crippen molar-refractivity contribution in [2.24, 2.45) is 16.5 Å². The van der Waals surface area contributed by atoms with Gasteiger partial charge in [-0.05, 0) is 25.2 Å². The molecular weight excluding hydrogens is 266 g/mol. The van der Waals surface area contributed by atoms with E-state index in [1.165, 1.54) is 0 Å². The van der Waals surface area contributed by atoms with E-state index in [1.54, 1.807) is 0 Å². The van der Waals surface area contributed by atoms with Crippen LogP contribution >= 0.6 is 0 Å². The number of amides is 1. The Bertz CT molecular complexity index is 420. The van der Waals surface area contributed by atoms with Crippen LogP contribution in [0.25, 0.3) is 0 Å². The summed E-state index contributed by atoms with van der Waals surface area (Å²) in [5.74, 6) is 0.291. The van der Waals surface area contributed by atoms with E-state index in [0.29, 0.717) is 13.1 Å². The third kappa shape index (κ3) is 5.08. The lowest BCUT2D eigenvalue weighted by atomic mass is 9.87. The molecule has 0 aliphatic carbocycles. The molecule has 0 bridgehead atoms. The zero-order chi connectivity index (χ0) is 14.7. The van der Waals surface area contributed by atoms with Crippen molar-refractivity contribution in [1.82, 2.24) is 9.62 Å². The minimum atomic E-state index is -3.65. The summed E-state index contributed by atoms with van der Waals surface area (Å²) < 4.78 is 24.1. The first-order chi connectivity index (χ1) is 8.65. The molecule has 0 spiro atoms. The molecule has 0 aromatic carbocycles. The molecule has 1 saturated heterocycles. The largest absolute Gasteiger partial charge is 0.342 e. The summed E-state index contributed by atoms with van der Waals surface area (Å²) in [4.78, 5) is 14.2. The molecule has 19 heavy (non-hydrogen) atoms. The van der Waals surface area contributed by atoms with Crippen LogP contribution in [-0.2, 0) is 15.0 Å². The van der Waals surface area contributed by atoms with Gasteiger partial charge in [-0.25, -0.2) is 9.86 Å². The first kappa shape index (κ1) is 16.4. The van der Waals surface area contributed by atoms with Crippen LogP contribution in [0.3, 0.4) is 0 Å². The van der Waals surface area contributed by atoms with Gasteiger partial charge >= 0.3 is 0 Å². The molecule has 6 nitrogen and oxygen atoms in total. The zero-order valence-electron chi connectivity index (χ0n) is 12.0. The van der Waals surface area contributed by atoms with Crippen LogP contribution in [0.1, 0.15) is 40.0 Å². The maximum absolute atomic E-state index is 12.4. The molecular formula is C12H25N3O3S. The van der Waals surface area contributed by atoms with Crippen LogP contribution in [0.4, 0.5) is 0 Å². The van der Waals surface area contributed by atoms with Crippen LogP contribution in [0, 0.1) is 11.3 Å². The van der Waals surface area contributed by atoms with Crippen LogP contribution in [0.15, 0.2) is 0 Å². The highest BCUT2D eigenvalue weighted by Gasteiger charge is 2.33. The molecule has 1 amide bonds. The number of rotatable bonds is 5. The van der Waals surface area contributed by atoms with Gasteiger partial charge in [0.25, 0.3) is 10.2 Å². The number of carbonyl (C=O) groups is 1. The van der Waals surface area contributed by atoms with Gasteiger partial charge in [-0.2, -0.15) is 8.42 Å². The van der Waals surface area contributed by atoms with Crippen molar-refractivity contribution in [2.45, 2.75) is 40.0 Å². The SMILES string of the molecule is CCC(C)(C)C(=O)N1CCCC(CNS(N)(=O)=O)C1. The summed E-state index contributed by atoms with van der Waals surface area (Å²) in [6.07, 6.45) is 2.61. The Balaban J connectivity index is 2.57. The van der Waals surface area contributed by atoms with E-state index < -0.39 is 10.2 Å². The minimum Gasteiger partial charge on any atom is -0.342 e. The fourth-order valence-electron chi connectivity index (χ4n) is 2.23. The molecule has 7 heteroatoms. The fourth-order valence-corrected chi connectivity index (χ4v) is 2.70. The van der Waals surface area contributed by atoms with Crippen LogP contribution in [0.2, 0.25) is 0 Å². The highest BCUT2D eigenvalue weighted by Crippen LogP contribution is 2.26. The fraction of sp³-hybridized carbons (Fsp3) is 0.917. The lowest BCUT2D eigenvalue weighted by molar-refractivity contribution is -0.142. The van der Waals surface area contributed by atoms with Crippen molar-refractivity contribution in [3.63, 3.8) is 0 Å². The standard InChI is InChI=1S/C12H25N3O3S/c1-4-12(2,3)11(16)15-7-5-6-10(9-15)8-14-19(13,17)18/h10,14H,4-9H2,1-3H3,(H2,13,17,18). The van der Waals surface area contributed by atoms with Crippen molar-refractivity contribution in [3.05, 3.63) is 0 Å². The number of hydrogen-bond donors (Lipinski definition) is 2. The topological polar surface area (TPSA) is 92.5 Å². The lowest BCUT2D eigenvalue weighted by Crippen LogP contribution is -2.48. The van der Waals surface area contributed by atoms with Gasteiger partial charge in [0.2, 0.25) is 5.91 Å². The van der Waals surface area contributed by atoms with Crippen molar-refractivity contribution in [1.29, 1.82) is 0 Å². The van der Waals surface area contributed by atoms with Crippen molar-refractivity contribution in [3.8, 4) is 0 Å². The summed E-state index contributed by atoms with van der Waals surface area (Å²) in [6.45, 7) is 7.55. The lowest BCUT2D eigenvalue weighted by Gasteiger charge is -2.37. The number of nitrogens with two attached hydrogens (primary N) is 1. The van der Waals surface area contributed by atoms with Crippen LogP contribution < -0.4 is 9.86 Å². The molecule has 0 saturated carbocycles. The number of carbonyl (C=O) groups excluding carboxylic acids is 1. The van der Waals surface area contributed by atoms with E-state index in [-0.39, 0.29) is 17.2 Å². The quantitative estimate of drug-likeness (QED) is 0.770. The number of nitrogens with zero attached hydrogens (tertiary/aromatic N) is 1. The first-order valence-electron chi connectivity index (χ1n) is 6.72. The zero-order valence-corrected chi connectivity index (χ0v) is 12.8. The van der Waals surface area contributed by atoms with E-state index in [1.807, 2.05) is 25.7 Å². The maximum atomic E-state index is 12.4. The van der Waals surface area contributed by atoms with E-state index in [9.17, 15) is 13.2 Å². The molecule has 0 aromatic rings. The highest BCUT2D eigenvalue weighted by molar-refractivity contribution is 7.87. The van der Waals surface area contributed by atoms with Gasteiger partial charge in [-0.15, -0.1) is 0 Å². The summed E-state index contributed by atoms with van der Waals surface area (Å²) in [5.41, 5.74) is -0.352. The second-order valence-corrected chi connectivity index (χ2v) is 7.27. The predicted octanol–water partition coefficient (Wildman–Crippen LogP) is 0.454. The Morgan fingerprint density at radius 3 is 2.63 bits per heavy atom. The molecule has 1 rings (SSSR count). The number of nitrogens with one attached hydrogen (secondary N) is 1. The van der Waals surface area contributed by atoms with Gasteiger partial charge in [0.15, 0.2) is 0 Å². The summed E-state index contributed by atoms with van der Waals surface area (Å²) in [7, 11) is -3.65. The van der Waals surface area contributed by atoms with E-state index in [2.05, 4.69) is 4.72 Å². The Morgan fingerprint density at radius 2 is 2.11 bits per heavy atom. The smallest absolute Gasteiger partial charge is 0.274 e. The number of piperidine rings is 1. The average Bonchev–Trinajstić information content (AvgIpc) is 2.35. The Hall–Kier alpha value is -0.660. The number of likely N-dealkylation sites (tertiary alicyclic amines) is 1. The van der Waals surface area contributed by atoms with Gasteiger partial charge in [-0.1, -0.05) is 20.8 Å². The minimum absolute atomic E-state index is 0.142. The number of hydrogen-bond acceptors (Lipinski definition) is 3. The van der Waals surface area contributed by atoms with Crippen LogP contribution in [-0.4, -0.2) is 38.9 Å². The van der Waals surface area contributed by atoms with E-state index in [0.717, 1.165) is 25.8 Å². The monoisotopic (exact) mass is 291 g/mol. The predicted molar refractivity (Wildman–Crippen MR) is 74.5 cm³/mol. The molecule has 3 N–H and O–H groups in total. The molecule has 1 unspecified atom stereocenters. The van der Waals surface area contributed by atoms with Crippen molar-refractivity contribution < 1.29 is 13.2 Å². The third-order valence-corrected chi connectivity index (χ3v) is 4.41. The Labute approximate surface area is 115 Å². The average molecular weight is 291 g/mol. The van der Waals surface area contributed by atoms with Gasteiger partial charge in [-0.3, -0.25) is 4.79 Å². The van der Waals surface area contributed by atoms with Crippen LogP contribution in [0.5, 0.6) is 0 Å². The molecule has 0 radical (unpaired) electrons. The molecule has 1 aliphatic rings. The third-order valence-electron chi connectivity index (χ3n) is 3.84. The molecule has 1 aliphatic heterocycles. The van der Waals surface area contributed by atoms with Gasteiger partial charge in [0, 0.05) is 25.0 Å². The molecule has 112 valence electrons. The van der Waals surface area contributed by atoms with E-state index >= 15 is 0 Å². The molecule has 1 heterocycles. The van der Waals surface area contributed by atoms with Gasteiger partial charge < -0.3 is 4.90 Å². The second-order valence-electron chi connectivity index (χ2n) is 5.89. The summed E-state index contributed by atoms with van der Waals surface area (Å²) in [6, 6.07) is 0.